The van der Waals surface area contributed by atoms with Crippen LogP contribution in [-0.4, -0.2) is 57.0 Å². The maximum absolute atomic E-state index is 12.5. The van der Waals surface area contributed by atoms with Crippen molar-refractivity contribution in [3.8, 4) is 5.82 Å². The van der Waals surface area contributed by atoms with Crippen molar-refractivity contribution in [1.29, 1.82) is 0 Å². The monoisotopic (exact) mass is 326 g/mol. The number of hydrogen-bond donors (Lipinski definition) is 0. The zero-order valence-electron chi connectivity index (χ0n) is 13.7. The molecule has 2 aromatic rings. The van der Waals surface area contributed by atoms with Gasteiger partial charge < -0.3 is 9.80 Å². The lowest BCUT2D eigenvalue weighted by atomic mass is 10.1. The third-order valence-corrected chi connectivity index (χ3v) is 5.00. The average molecular weight is 326 g/mol. The number of amides is 1. The Morgan fingerprint density at radius 3 is 2.33 bits per heavy atom. The van der Waals surface area contributed by atoms with Crippen LogP contribution in [0, 0.1) is 5.92 Å². The van der Waals surface area contributed by atoms with E-state index in [9.17, 15) is 4.79 Å². The molecule has 0 aromatic carbocycles. The molecule has 2 aliphatic rings. The second-order valence-corrected chi connectivity index (χ2v) is 6.49. The number of carbonyl (C=O) groups excluding carboxylic acids is 1. The highest BCUT2D eigenvalue weighted by molar-refractivity contribution is 5.79. The molecular formula is C17H22N6O. The molecule has 1 aliphatic heterocycles. The molecule has 1 saturated heterocycles. The lowest BCUT2D eigenvalue weighted by molar-refractivity contribution is -0.135. The molecule has 0 spiro atoms. The highest BCUT2D eigenvalue weighted by Crippen LogP contribution is 2.27. The molecule has 4 rings (SSSR count). The van der Waals surface area contributed by atoms with Crippen LogP contribution in [0.4, 0.5) is 5.82 Å². The van der Waals surface area contributed by atoms with E-state index >= 15 is 0 Å². The SMILES string of the molecule is O=C(C1CCCC1)N1CCN(c2ccc(-n3cccn3)nn2)CC1. The van der Waals surface area contributed by atoms with Crippen molar-refractivity contribution >= 4 is 11.7 Å². The second-order valence-electron chi connectivity index (χ2n) is 6.49. The highest BCUT2D eigenvalue weighted by Gasteiger charge is 2.29. The van der Waals surface area contributed by atoms with Crippen LogP contribution in [0.1, 0.15) is 25.7 Å². The molecule has 3 heterocycles. The van der Waals surface area contributed by atoms with Gasteiger partial charge in [0.25, 0.3) is 0 Å². The molecular weight excluding hydrogens is 304 g/mol. The molecule has 2 fully saturated rings. The maximum Gasteiger partial charge on any atom is 0.225 e. The van der Waals surface area contributed by atoms with Crippen molar-refractivity contribution in [2.75, 3.05) is 31.1 Å². The summed E-state index contributed by atoms with van der Waals surface area (Å²) in [5.41, 5.74) is 0. The second kappa shape index (κ2) is 6.59. The van der Waals surface area contributed by atoms with Crippen molar-refractivity contribution in [2.24, 2.45) is 5.92 Å². The van der Waals surface area contributed by atoms with Crippen molar-refractivity contribution in [1.82, 2.24) is 24.9 Å². The van der Waals surface area contributed by atoms with Crippen LogP contribution in [0.2, 0.25) is 0 Å². The summed E-state index contributed by atoms with van der Waals surface area (Å²) >= 11 is 0. The van der Waals surface area contributed by atoms with Crippen molar-refractivity contribution in [3.05, 3.63) is 30.6 Å². The fourth-order valence-corrected chi connectivity index (χ4v) is 3.60. The molecule has 1 amide bonds. The Morgan fingerprint density at radius 2 is 1.71 bits per heavy atom. The van der Waals surface area contributed by atoms with Gasteiger partial charge in [-0.05, 0) is 31.0 Å². The number of rotatable bonds is 3. The number of hydrogen-bond acceptors (Lipinski definition) is 5. The average Bonchev–Trinajstić information content (AvgIpc) is 3.35. The number of anilines is 1. The zero-order chi connectivity index (χ0) is 16.4. The standard InChI is InChI=1S/C17H22N6O/c24-17(14-4-1-2-5-14)22-12-10-21(11-13-22)15-6-7-16(20-19-15)23-9-3-8-18-23/h3,6-9,14H,1-2,4-5,10-13H2. The Morgan fingerprint density at radius 1 is 1.00 bits per heavy atom. The van der Waals surface area contributed by atoms with Crippen molar-refractivity contribution < 1.29 is 4.79 Å². The van der Waals surface area contributed by atoms with Gasteiger partial charge in [-0.2, -0.15) is 5.10 Å². The molecule has 0 radical (unpaired) electrons. The van der Waals surface area contributed by atoms with Crippen LogP contribution in [0.15, 0.2) is 30.6 Å². The summed E-state index contributed by atoms with van der Waals surface area (Å²) in [4.78, 5) is 16.7. The number of carbonyl (C=O) groups is 1. The zero-order valence-corrected chi connectivity index (χ0v) is 13.7. The first-order valence-electron chi connectivity index (χ1n) is 8.69. The topological polar surface area (TPSA) is 67.2 Å². The van der Waals surface area contributed by atoms with Gasteiger partial charge in [-0.25, -0.2) is 4.68 Å². The number of nitrogens with zero attached hydrogens (tertiary/aromatic N) is 6. The van der Waals surface area contributed by atoms with Gasteiger partial charge in [-0.15, -0.1) is 10.2 Å². The van der Waals surface area contributed by atoms with Crippen molar-refractivity contribution in [3.63, 3.8) is 0 Å². The van der Waals surface area contributed by atoms with Gasteiger partial charge >= 0.3 is 0 Å². The van der Waals surface area contributed by atoms with Gasteiger partial charge in [0.2, 0.25) is 5.91 Å². The summed E-state index contributed by atoms with van der Waals surface area (Å²) in [6.45, 7) is 3.18. The van der Waals surface area contributed by atoms with E-state index < -0.39 is 0 Å². The molecule has 1 aliphatic carbocycles. The quantitative estimate of drug-likeness (QED) is 0.855. The predicted octanol–water partition coefficient (Wildman–Crippen LogP) is 1.50. The van der Waals surface area contributed by atoms with E-state index in [1.165, 1.54) is 12.8 Å². The number of piperazine rings is 1. The fraction of sp³-hybridized carbons (Fsp3) is 0.529. The van der Waals surface area contributed by atoms with Gasteiger partial charge in [0, 0.05) is 44.5 Å². The summed E-state index contributed by atoms with van der Waals surface area (Å²) in [6, 6.07) is 5.75. The largest absolute Gasteiger partial charge is 0.352 e. The molecule has 0 atom stereocenters. The molecule has 2 aromatic heterocycles. The van der Waals surface area contributed by atoms with Crippen LogP contribution in [0.5, 0.6) is 0 Å². The van der Waals surface area contributed by atoms with E-state index in [1.54, 1.807) is 10.9 Å². The third-order valence-electron chi connectivity index (χ3n) is 5.00. The van der Waals surface area contributed by atoms with E-state index in [4.69, 9.17) is 0 Å². The first-order chi connectivity index (χ1) is 11.8. The predicted molar refractivity (Wildman–Crippen MR) is 89.9 cm³/mol. The highest BCUT2D eigenvalue weighted by atomic mass is 16.2. The molecule has 0 unspecified atom stereocenters. The Labute approximate surface area is 141 Å². The van der Waals surface area contributed by atoms with Crippen LogP contribution < -0.4 is 4.90 Å². The summed E-state index contributed by atoms with van der Waals surface area (Å²) < 4.78 is 1.69. The lowest BCUT2D eigenvalue weighted by Crippen LogP contribution is -2.50. The Kier molecular flexibility index (Phi) is 4.15. The van der Waals surface area contributed by atoms with Crippen LogP contribution in [0.25, 0.3) is 5.82 Å². The van der Waals surface area contributed by atoms with Gasteiger partial charge in [0.15, 0.2) is 11.6 Å². The number of aromatic nitrogens is 4. The van der Waals surface area contributed by atoms with E-state index in [1.807, 2.05) is 29.3 Å². The van der Waals surface area contributed by atoms with E-state index in [0.717, 1.165) is 44.8 Å². The van der Waals surface area contributed by atoms with E-state index in [0.29, 0.717) is 11.7 Å². The molecule has 7 heteroatoms. The van der Waals surface area contributed by atoms with Crippen LogP contribution >= 0.6 is 0 Å². The first kappa shape index (κ1) is 15.1. The van der Waals surface area contributed by atoms with E-state index in [-0.39, 0.29) is 5.92 Å². The van der Waals surface area contributed by atoms with Gasteiger partial charge in [-0.1, -0.05) is 12.8 Å². The summed E-state index contributed by atoms with van der Waals surface area (Å²) in [7, 11) is 0. The lowest BCUT2D eigenvalue weighted by Gasteiger charge is -2.36. The minimum atomic E-state index is 0.268. The van der Waals surface area contributed by atoms with E-state index in [2.05, 4.69) is 20.2 Å². The van der Waals surface area contributed by atoms with Gasteiger partial charge in [-0.3, -0.25) is 4.79 Å². The maximum atomic E-state index is 12.5. The van der Waals surface area contributed by atoms with Gasteiger partial charge in [0.05, 0.1) is 0 Å². The van der Waals surface area contributed by atoms with Crippen LogP contribution in [0.3, 0.4) is 0 Å². The molecule has 0 bridgehead atoms. The molecule has 0 N–H and O–H groups in total. The minimum absolute atomic E-state index is 0.268. The smallest absolute Gasteiger partial charge is 0.225 e. The third kappa shape index (κ3) is 2.98. The molecule has 7 nitrogen and oxygen atoms in total. The Bertz CT molecular complexity index is 670. The normalized spacial score (nSPS) is 19.0. The Hall–Kier alpha value is -2.44. The summed E-state index contributed by atoms with van der Waals surface area (Å²) in [6.07, 6.45) is 8.11. The molecule has 126 valence electrons. The van der Waals surface area contributed by atoms with Crippen LogP contribution in [-0.2, 0) is 4.79 Å². The summed E-state index contributed by atoms with van der Waals surface area (Å²) in [5, 5.41) is 12.7. The first-order valence-corrected chi connectivity index (χ1v) is 8.69. The molecule has 24 heavy (non-hydrogen) atoms. The fourth-order valence-electron chi connectivity index (χ4n) is 3.60. The summed E-state index contributed by atoms with van der Waals surface area (Å²) in [5.74, 6) is 2.19. The van der Waals surface area contributed by atoms with Gasteiger partial charge in [0.1, 0.15) is 0 Å². The minimum Gasteiger partial charge on any atom is -0.352 e. The van der Waals surface area contributed by atoms with Crippen molar-refractivity contribution in [2.45, 2.75) is 25.7 Å². The molecule has 1 saturated carbocycles. The Balaban J connectivity index is 1.36.